The Kier molecular flexibility index (Phi) is 2.63. The monoisotopic (exact) mass is 237 g/mol. The van der Waals surface area contributed by atoms with Crippen LogP contribution in [0.3, 0.4) is 0 Å². The first kappa shape index (κ1) is 10.0. The Morgan fingerprint density at radius 1 is 1.27 bits per heavy atom. The highest BCUT2D eigenvalue weighted by atomic mass is 35.5. The fourth-order valence-electron chi connectivity index (χ4n) is 1.21. The average Bonchev–Trinajstić information content (AvgIpc) is 2.60. The van der Waals surface area contributed by atoms with Gasteiger partial charge >= 0.3 is 0 Å². The first-order chi connectivity index (χ1) is 7.22. The summed E-state index contributed by atoms with van der Waals surface area (Å²) in [6.45, 7) is 0. The number of nitriles is 1. The molecular formula is C10H5Cl2N3. The fraction of sp³-hybridized carbons (Fsp3) is 0. The molecule has 5 heteroatoms. The van der Waals surface area contributed by atoms with Gasteiger partial charge in [-0.2, -0.15) is 5.26 Å². The van der Waals surface area contributed by atoms with Gasteiger partial charge in [-0.25, -0.2) is 4.98 Å². The lowest BCUT2D eigenvalue weighted by Gasteiger charge is -1.98. The minimum Gasteiger partial charge on any atom is -0.328 e. The van der Waals surface area contributed by atoms with Crippen molar-refractivity contribution in [1.82, 2.24) is 9.97 Å². The number of benzene rings is 1. The molecule has 74 valence electrons. The quantitative estimate of drug-likeness (QED) is 0.828. The zero-order valence-electron chi connectivity index (χ0n) is 7.46. The van der Waals surface area contributed by atoms with Crippen LogP contribution in [-0.4, -0.2) is 9.97 Å². The third kappa shape index (κ3) is 1.82. The Morgan fingerprint density at radius 2 is 2.00 bits per heavy atom. The molecule has 0 unspecified atom stereocenters. The van der Waals surface area contributed by atoms with Crippen molar-refractivity contribution in [3.05, 3.63) is 40.1 Å². The largest absolute Gasteiger partial charge is 0.328 e. The number of rotatable bonds is 1. The number of aromatic amines is 1. The summed E-state index contributed by atoms with van der Waals surface area (Å²) < 4.78 is 0. The molecular weight excluding hydrogens is 233 g/mol. The van der Waals surface area contributed by atoms with Crippen LogP contribution in [0.4, 0.5) is 0 Å². The van der Waals surface area contributed by atoms with Gasteiger partial charge in [-0.15, -0.1) is 0 Å². The first-order valence-electron chi connectivity index (χ1n) is 4.13. The summed E-state index contributed by atoms with van der Waals surface area (Å²) in [6.07, 6.45) is 0. The number of imidazole rings is 1. The standard InChI is InChI=1S/C10H5Cl2N3/c11-7-4-2-1-3-6(7)10-14-8(5-13)9(12)15-10/h1-4H,(H,14,15). The van der Waals surface area contributed by atoms with E-state index in [-0.39, 0.29) is 10.8 Å². The van der Waals surface area contributed by atoms with Crippen molar-refractivity contribution in [3.8, 4) is 17.5 Å². The normalized spacial score (nSPS) is 9.93. The smallest absolute Gasteiger partial charge is 0.178 e. The summed E-state index contributed by atoms with van der Waals surface area (Å²) in [5.74, 6) is 0.502. The molecule has 0 aliphatic rings. The predicted molar refractivity (Wildman–Crippen MR) is 58.8 cm³/mol. The lowest BCUT2D eigenvalue weighted by Crippen LogP contribution is -1.81. The van der Waals surface area contributed by atoms with Gasteiger partial charge in [0.2, 0.25) is 0 Å². The lowest BCUT2D eigenvalue weighted by atomic mass is 10.2. The van der Waals surface area contributed by atoms with Gasteiger partial charge in [-0.05, 0) is 12.1 Å². The second-order valence-electron chi connectivity index (χ2n) is 2.84. The van der Waals surface area contributed by atoms with Crippen LogP contribution in [-0.2, 0) is 0 Å². The lowest BCUT2D eigenvalue weighted by molar-refractivity contribution is 1.29. The van der Waals surface area contributed by atoms with Crippen LogP contribution < -0.4 is 0 Å². The number of hydrogen-bond donors (Lipinski definition) is 1. The number of halogens is 2. The summed E-state index contributed by atoms with van der Waals surface area (Å²) in [6, 6.07) is 9.10. The molecule has 0 aliphatic carbocycles. The maximum Gasteiger partial charge on any atom is 0.178 e. The van der Waals surface area contributed by atoms with Gasteiger partial charge in [0.25, 0.3) is 0 Å². The van der Waals surface area contributed by atoms with Gasteiger partial charge < -0.3 is 4.98 Å². The van der Waals surface area contributed by atoms with Crippen LogP contribution in [0.2, 0.25) is 10.2 Å². The summed E-state index contributed by atoms with van der Waals surface area (Å²) in [7, 11) is 0. The molecule has 0 fully saturated rings. The second-order valence-corrected chi connectivity index (χ2v) is 3.62. The van der Waals surface area contributed by atoms with Gasteiger partial charge in [0.15, 0.2) is 5.69 Å². The average molecular weight is 238 g/mol. The molecule has 0 amide bonds. The van der Waals surface area contributed by atoms with Crippen molar-refractivity contribution >= 4 is 23.2 Å². The fourth-order valence-corrected chi connectivity index (χ4v) is 1.61. The van der Waals surface area contributed by atoms with Crippen LogP contribution in [0.15, 0.2) is 24.3 Å². The van der Waals surface area contributed by atoms with Gasteiger partial charge in [-0.1, -0.05) is 35.3 Å². The number of nitrogens with one attached hydrogen (secondary N) is 1. The van der Waals surface area contributed by atoms with E-state index >= 15 is 0 Å². The molecule has 1 aromatic heterocycles. The summed E-state index contributed by atoms with van der Waals surface area (Å²) in [5, 5.41) is 9.49. The van der Waals surface area contributed by atoms with E-state index < -0.39 is 0 Å². The van der Waals surface area contributed by atoms with Gasteiger partial charge in [-0.3, -0.25) is 0 Å². The minimum atomic E-state index is 0.173. The molecule has 1 aromatic carbocycles. The van der Waals surface area contributed by atoms with Gasteiger partial charge in [0.05, 0.1) is 5.02 Å². The number of hydrogen-bond acceptors (Lipinski definition) is 2. The van der Waals surface area contributed by atoms with Crippen molar-refractivity contribution in [3.63, 3.8) is 0 Å². The highest BCUT2D eigenvalue weighted by Crippen LogP contribution is 2.27. The molecule has 0 aliphatic heterocycles. The second kappa shape index (κ2) is 3.93. The molecule has 0 atom stereocenters. The molecule has 0 saturated carbocycles. The van der Waals surface area contributed by atoms with E-state index in [0.29, 0.717) is 10.8 Å². The Labute approximate surface area is 96.3 Å². The predicted octanol–water partition coefficient (Wildman–Crippen LogP) is 3.26. The molecule has 3 nitrogen and oxygen atoms in total. The Morgan fingerprint density at radius 3 is 2.60 bits per heavy atom. The molecule has 2 rings (SSSR count). The van der Waals surface area contributed by atoms with Crippen molar-refractivity contribution in [2.45, 2.75) is 0 Å². The van der Waals surface area contributed by atoms with E-state index in [2.05, 4.69) is 9.97 Å². The zero-order chi connectivity index (χ0) is 10.8. The molecule has 0 saturated heterocycles. The van der Waals surface area contributed by atoms with Gasteiger partial charge in [0.1, 0.15) is 17.0 Å². The third-order valence-electron chi connectivity index (χ3n) is 1.89. The molecule has 0 spiro atoms. The van der Waals surface area contributed by atoms with Crippen molar-refractivity contribution < 1.29 is 0 Å². The number of nitrogens with zero attached hydrogens (tertiary/aromatic N) is 2. The Balaban J connectivity index is 2.56. The summed E-state index contributed by atoms with van der Waals surface area (Å²) in [5.41, 5.74) is 0.897. The molecule has 2 aromatic rings. The van der Waals surface area contributed by atoms with E-state index in [0.717, 1.165) is 5.56 Å². The number of H-pyrrole nitrogens is 1. The first-order valence-corrected chi connectivity index (χ1v) is 4.88. The van der Waals surface area contributed by atoms with Crippen molar-refractivity contribution in [2.75, 3.05) is 0 Å². The van der Waals surface area contributed by atoms with Gasteiger partial charge in [0, 0.05) is 5.56 Å². The van der Waals surface area contributed by atoms with Crippen molar-refractivity contribution in [2.24, 2.45) is 0 Å². The van der Waals surface area contributed by atoms with E-state index in [1.165, 1.54) is 0 Å². The highest BCUT2D eigenvalue weighted by molar-refractivity contribution is 6.33. The summed E-state index contributed by atoms with van der Waals surface area (Å²) in [4.78, 5) is 6.83. The third-order valence-corrected chi connectivity index (χ3v) is 2.50. The van der Waals surface area contributed by atoms with Crippen LogP contribution in [0.5, 0.6) is 0 Å². The Hall–Kier alpha value is -1.50. The maximum atomic E-state index is 8.70. The zero-order valence-corrected chi connectivity index (χ0v) is 8.97. The van der Waals surface area contributed by atoms with E-state index in [1.54, 1.807) is 12.1 Å². The van der Waals surface area contributed by atoms with Crippen molar-refractivity contribution in [1.29, 1.82) is 5.26 Å². The topological polar surface area (TPSA) is 52.5 Å². The SMILES string of the molecule is N#Cc1nc(-c2ccccc2Cl)[nH]c1Cl. The maximum absolute atomic E-state index is 8.70. The van der Waals surface area contributed by atoms with E-state index in [4.69, 9.17) is 28.5 Å². The molecule has 1 heterocycles. The molecule has 1 N–H and O–H groups in total. The van der Waals surface area contributed by atoms with Crippen LogP contribution in [0, 0.1) is 11.3 Å². The summed E-state index contributed by atoms with van der Waals surface area (Å²) >= 11 is 11.7. The molecule has 0 radical (unpaired) electrons. The minimum absolute atomic E-state index is 0.173. The number of aromatic nitrogens is 2. The molecule has 15 heavy (non-hydrogen) atoms. The van der Waals surface area contributed by atoms with Crippen LogP contribution in [0.25, 0.3) is 11.4 Å². The Bertz CT molecular complexity index is 540. The van der Waals surface area contributed by atoms with E-state index in [1.807, 2.05) is 18.2 Å². The van der Waals surface area contributed by atoms with Crippen LogP contribution >= 0.6 is 23.2 Å². The highest BCUT2D eigenvalue weighted by Gasteiger charge is 2.11. The van der Waals surface area contributed by atoms with Crippen LogP contribution in [0.1, 0.15) is 5.69 Å². The van der Waals surface area contributed by atoms with E-state index in [9.17, 15) is 0 Å². The molecule has 0 bridgehead atoms.